The minimum absolute atomic E-state index is 0.0190. The van der Waals surface area contributed by atoms with Crippen LogP contribution in [0.15, 0.2) is 42.5 Å². The zero-order valence-corrected chi connectivity index (χ0v) is 22.3. The first kappa shape index (κ1) is 24.8. The Morgan fingerprint density at radius 3 is 2.45 bits per heavy atom. The minimum atomic E-state index is -0.0817. The number of Topliss-reactive ketones (excluding diaryl/α,β-unsaturated/α-hetero) is 1. The lowest BCUT2D eigenvalue weighted by Gasteiger charge is -2.28. The molecule has 2 amide bonds. The third kappa shape index (κ3) is 4.83. The number of hydrogen-bond acceptors (Lipinski definition) is 6. The number of aromatic amines is 1. The van der Waals surface area contributed by atoms with Gasteiger partial charge in [0.25, 0.3) is 11.8 Å². The molecule has 0 atom stereocenters. The molecule has 0 spiro atoms. The maximum atomic E-state index is 13.6. The van der Waals surface area contributed by atoms with Crippen molar-refractivity contribution in [1.29, 1.82) is 0 Å². The average Bonchev–Trinajstić information content (AvgIpc) is 3.68. The van der Waals surface area contributed by atoms with Crippen molar-refractivity contribution in [3.05, 3.63) is 79.5 Å². The minimum Gasteiger partial charge on any atom is -0.339 e. The first-order valence-corrected chi connectivity index (χ1v) is 13.9. The highest BCUT2D eigenvalue weighted by Gasteiger charge is 2.33. The summed E-state index contributed by atoms with van der Waals surface area (Å²) in [4.78, 5) is 45.6. The molecule has 194 valence electrons. The molecule has 0 aliphatic carbocycles. The Balaban J connectivity index is 1.26. The number of nitrogens with one attached hydrogen (secondary N) is 1. The Bertz CT molecular complexity index is 1540. The van der Waals surface area contributed by atoms with E-state index < -0.39 is 0 Å². The maximum Gasteiger partial charge on any atom is 0.255 e. The summed E-state index contributed by atoms with van der Waals surface area (Å²) >= 11 is 7.49. The number of amides is 2. The number of carbonyl (C=O) groups is 3. The molecule has 2 aliphatic heterocycles. The van der Waals surface area contributed by atoms with E-state index >= 15 is 0 Å². The third-order valence-corrected chi connectivity index (χ3v) is 8.73. The van der Waals surface area contributed by atoms with Crippen molar-refractivity contribution in [3.8, 4) is 0 Å². The molecule has 10 heteroatoms. The summed E-state index contributed by atoms with van der Waals surface area (Å²) in [7, 11) is 0. The number of benzene rings is 2. The lowest BCUT2D eigenvalue weighted by atomic mass is 9.97. The number of thiophene rings is 1. The van der Waals surface area contributed by atoms with Crippen molar-refractivity contribution in [1.82, 2.24) is 25.2 Å². The van der Waals surface area contributed by atoms with Crippen LogP contribution in [0.25, 0.3) is 11.0 Å². The second kappa shape index (κ2) is 10.3. The highest BCUT2D eigenvalue weighted by molar-refractivity contribution is 7.12. The molecule has 6 rings (SSSR count). The van der Waals surface area contributed by atoms with Gasteiger partial charge in [0.2, 0.25) is 0 Å². The van der Waals surface area contributed by atoms with Gasteiger partial charge in [0, 0.05) is 52.8 Å². The Morgan fingerprint density at radius 1 is 0.895 bits per heavy atom. The number of carbonyl (C=O) groups excluding carboxylic acids is 3. The zero-order chi connectivity index (χ0) is 26.2. The van der Waals surface area contributed by atoms with Gasteiger partial charge in [0.15, 0.2) is 0 Å². The van der Waals surface area contributed by atoms with Gasteiger partial charge >= 0.3 is 0 Å². The summed E-state index contributed by atoms with van der Waals surface area (Å²) in [5, 5.41) is 11.3. The van der Waals surface area contributed by atoms with Gasteiger partial charge in [-0.1, -0.05) is 23.7 Å². The Kier molecular flexibility index (Phi) is 6.71. The number of halogens is 1. The highest BCUT2D eigenvalue weighted by atomic mass is 35.5. The lowest BCUT2D eigenvalue weighted by molar-refractivity contribution is -0.117. The quantitative estimate of drug-likeness (QED) is 0.384. The SMILES string of the molecule is O=C(Cc1ccc(Cl)cc1)Cc1sc2c(c1C(=O)N1CCCC1)CCN(C(=O)c1ccc3n[nH]nc3c1)C2. The zero-order valence-electron chi connectivity index (χ0n) is 20.7. The van der Waals surface area contributed by atoms with Crippen LogP contribution in [0.5, 0.6) is 0 Å². The molecule has 0 saturated carbocycles. The van der Waals surface area contributed by atoms with Crippen LogP contribution in [0.2, 0.25) is 5.02 Å². The van der Waals surface area contributed by atoms with Crippen LogP contribution in [0, 0.1) is 0 Å². The second-order valence-corrected chi connectivity index (χ2v) is 11.4. The van der Waals surface area contributed by atoms with Crippen molar-refractivity contribution in [2.45, 2.75) is 38.6 Å². The predicted molar refractivity (Wildman–Crippen MR) is 146 cm³/mol. The molecule has 4 heterocycles. The largest absolute Gasteiger partial charge is 0.339 e. The second-order valence-electron chi connectivity index (χ2n) is 9.82. The van der Waals surface area contributed by atoms with Gasteiger partial charge in [0.1, 0.15) is 16.8 Å². The predicted octanol–water partition coefficient (Wildman–Crippen LogP) is 4.46. The topological polar surface area (TPSA) is 99.3 Å². The van der Waals surface area contributed by atoms with Crippen LogP contribution >= 0.6 is 22.9 Å². The number of rotatable bonds is 6. The van der Waals surface area contributed by atoms with Gasteiger partial charge in [-0.2, -0.15) is 15.4 Å². The Labute approximate surface area is 228 Å². The molecule has 1 saturated heterocycles. The summed E-state index contributed by atoms with van der Waals surface area (Å²) in [6.07, 6.45) is 3.07. The lowest BCUT2D eigenvalue weighted by Crippen LogP contribution is -2.36. The van der Waals surface area contributed by atoms with E-state index in [0.29, 0.717) is 46.7 Å². The van der Waals surface area contributed by atoms with Crippen LogP contribution in [0.1, 0.15) is 54.4 Å². The van der Waals surface area contributed by atoms with E-state index in [1.807, 2.05) is 21.9 Å². The molecule has 0 radical (unpaired) electrons. The fourth-order valence-corrected chi connectivity index (χ4v) is 6.83. The smallest absolute Gasteiger partial charge is 0.255 e. The summed E-state index contributed by atoms with van der Waals surface area (Å²) in [5.74, 6) is -0.0116. The molecule has 2 aliphatic rings. The molecular weight excluding hydrogens is 522 g/mol. The van der Waals surface area contributed by atoms with Crippen LogP contribution in [0.4, 0.5) is 0 Å². The van der Waals surface area contributed by atoms with Crippen LogP contribution in [-0.2, 0) is 30.6 Å². The average molecular weight is 548 g/mol. The molecule has 8 nitrogen and oxygen atoms in total. The number of H-pyrrole nitrogens is 1. The Morgan fingerprint density at radius 2 is 1.66 bits per heavy atom. The number of likely N-dealkylation sites (tertiary alicyclic amines) is 1. The highest BCUT2D eigenvalue weighted by Crippen LogP contribution is 2.36. The first-order chi connectivity index (χ1) is 18.5. The molecule has 4 aromatic rings. The number of fused-ring (bicyclic) bond motifs is 2. The fraction of sp³-hybridized carbons (Fsp3) is 0.321. The number of nitrogens with zero attached hydrogens (tertiary/aromatic N) is 4. The van der Waals surface area contributed by atoms with Gasteiger partial charge in [-0.3, -0.25) is 14.4 Å². The molecule has 1 fully saturated rings. The van der Waals surface area contributed by atoms with Crippen molar-refractivity contribution in [3.63, 3.8) is 0 Å². The Hall–Kier alpha value is -3.56. The molecule has 1 N–H and O–H groups in total. The van der Waals surface area contributed by atoms with Gasteiger partial charge in [-0.25, -0.2) is 0 Å². The van der Waals surface area contributed by atoms with E-state index in [1.165, 1.54) is 11.3 Å². The number of hydrogen-bond donors (Lipinski definition) is 1. The number of ketones is 1. The summed E-state index contributed by atoms with van der Waals surface area (Å²) in [6.45, 7) is 2.42. The van der Waals surface area contributed by atoms with Crippen LogP contribution in [0.3, 0.4) is 0 Å². The van der Waals surface area contributed by atoms with Crippen molar-refractivity contribution in [2.24, 2.45) is 0 Å². The van der Waals surface area contributed by atoms with E-state index in [4.69, 9.17) is 11.6 Å². The van der Waals surface area contributed by atoms with E-state index in [-0.39, 0.29) is 30.4 Å². The van der Waals surface area contributed by atoms with Gasteiger partial charge in [-0.15, -0.1) is 11.3 Å². The fourth-order valence-electron chi connectivity index (χ4n) is 5.31. The molecular formula is C28H26ClN5O3S. The summed E-state index contributed by atoms with van der Waals surface area (Å²) in [5.41, 5.74) is 4.49. The van der Waals surface area contributed by atoms with E-state index in [0.717, 1.165) is 46.8 Å². The molecule has 2 aromatic carbocycles. The standard InChI is InChI=1S/C28H26ClN5O3S/c29-19-6-3-17(4-7-19)13-20(35)15-24-26(28(37)33-10-1-2-11-33)21-9-12-34(16-25(21)38-24)27(36)18-5-8-22-23(14-18)31-32-30-22/h3-8,14H,1-2,9-13,15-16H2,(H,30,31,32). The number of aromatic nitrogens is 3. The van der Waals surface area contributed by atoms with Gasteiger partial charge in [0.05, 0.1) is 12.1 Å². The molecule has 0 bridgehead atoms. The van der Waals surface area contributed by atoms with Gasteiger partial charge < -0.3 is 9.80 Å². The van der Waals surface area contributed by atoms with E-state index in [1.54, 1.807) is 30.3 Å². The summed E-state index contributed by atoms with van der Waals surface area (Å²) in [6, 6.07) is 12.6. The molecule has 0 unspecified atom stereocenters. The van der Waals surface area contributed by atoms with Crippen molar-refractivity contribution < 1.29 is 14.4 Å². The van der Waals surface area contributed by atoms with Crippen LogP contribution in [-0.4, -0.2) is 62.4 Å². The molecule has 2 aromatic heterocycles. The monoisotopic (exact) mass is 547 g/mol. The molecule has 38 heavy (non-hydrogen) atoms. The van der Waals surface area contributed by atoms with E-state index in [2.05, 4.69) is 15.4 Å². The van der Waals surface area contributed by atoms with Gasteiger partial charge in [-0.05, 0) is 60.7 Å². The van der Waals surface area contributed by atoms with Crippen LogP contribution < -0.4 is 0 Å². The third-order valence-electron chi connectivity index (χ3n) is 7.26. The maximum absolute atomic E-state index is 13.6. The van der Waals surface area contributed by atoms with Crippen molar-refractivity contribution in [2.75, 3.05) is 19.6 Å². The summed E-state index contributed by atoms with van der Waals surface area (Å²) < 4.78 is 0. The van der Waals surface area contributed by atoms with E-state index in [9.17, 15) is 14.4 Å². The normalized spacial score (nSPS) is 15.2. The first-order valence-electron chi connectivity index (χ1n) is 12.7. The van der Waals surface area contributed by atoms with Crippen molar-refractivity contribution >= 4 is 51.6 Å².